The van der Waals surface area contributed by atoms with E-state index in [1.165, 1.54) is 12.8 Å². The lowest BCUT2D eigenvalue weighted by atomic mass is 9.99. The number of hydrogen-bond acceptors (Lipinski definition) is 3. The van der Waals surface area contributed by atoms with Crippen LogP contribution in [0.15, 0.2) is 0 Å². The first kappa shape index (κ1) is 18.4. The molecular weight excluding hydrogens is 262 g/mol. The fourth-order valence-electron chi connectivity index (χ4n) is 2.99. The molecule has 2 fully saturated rings. The molecule has 0 bridgehead atoms. The molecule has 0 atom stereocenters. The van der Waals surface area contributed by atoms with Crippen molar-refractivity contribution >= 4 is 5.91 Å². The molecule has 2 heterocycles. The topological polar surface area (TPSA) is 26.8 Å². The Hall–Kier alpha value is -0.610. The van der Waals surface area contributed by atoms with Crippen molar-refractivity contribution < 1.29 is 4.79 Å². The molecule has 0 spiro atoms. The smallest absolute Gasteiger partial charge is 0.236 e. The number of piperidine rings is 1. The highest BCUT2D eigenvalue weighted by Crippen LogP contribution is 2.16. The SMILES string of the molecule is CC.CC1CCN(C(=O)CN2CCN(C(C)C)CC2)CC1. The van der Waals surface area contributed by atoms with Gasteiger partial charge in [-0.05, 0) is 32.6 Å². The van der Waals surface area contributed by atoms with Crippen LogP contribution in [0.25, 0.3) is 0 Å². The molecule has 0 radical (unpaired) electrons. The summed E-state index contributed by atoms with van der Waals surface area (Å²) in [6.07, 6.45) is 2.35. The van der Waals surface area contributed by atoms with E-state index in [2.05, 4.69) is 35.5 Å². The van der Waals surface area contributed by atoms with Gasteiger partial charge in [0.15, 0.2) is 0 Å². The Balaban J connectivity index is 0.00000106. The standard InChI is InChI=1S/C15H29N3O.C2H6/c1-13(2)17-10-8-16(9-11-17)12-15(19)18-6-4-14(3)5-7-18;1-2/h13-14H,4-12H2,1-3H3;1-2H3. The van der Waals surface area contributed by atoms with Crippen LogP contribution in [-0.2, 0) is 4.79 Å². The van der Waals surface area contributed by atoms with E-state index in [1.54, 1.807) is 0 Å². The van der Waals surface area contributed by atoms with Crippen molar-refractivity contribution in [3.05, 3.63) is 0 Å². The number of piperazine rings is 1. The van der Waals surface area contributed by atoms with Crippen LogP contribution in [0.4, 0.5) is 0 Å². The average Bonchev–Trinajstić information content (AvgIpc) is 2.50. The number of nitrogens with zero attached hydrogens (tertiary/aromatic N) is 3. The van der Waals surface area contributed by atoms with Crippen LogP contribution >= 0.6 is 0 Å². The molecule has 124 valence electrons. The molecule has 0 unspecified atom stereocenters. The summed E-state index contributed by atoms with van der Waals surface area (Å²) in [5.41, 5.74) is 0. The van der Waals surface area contributed by atoms with Crippen molar-refractivity contribution in [2.75, 3.05) is 45.8 Å². The maximum Gasteiger partial charge on any atom is 0.236 e. The molecule has 0 aliphatic carbocycles. The van der Waals surface area contributed by atoms with Gasteiger partial charge in [-0.25, -0.2) is 0 Å². The van der Waals surface area contributed by atoms with Crippen LogP contribution in [0.1, 0.15) is 47.5 Å². The summed E-state index contributed by atoms with van der Waals surface area (Å²) in [4.78, 5) is 19.1. The number of amides is 1. The number of carbonyl (C=O) groups excluding carboxylic acids is 1. The fourth-order valence-corrected chi connectivity index (χ4v) is 2.99. The Morgan fingerprint density at radius 2 is 1.52 bits per heavy atom. The molecule has 0 N–H and O–H groups in total. The molecule has 4 heteroatoms. The molecular formula is C17H35N3O. The van der Waals surface area contributed by atoms with Crippen LogP contribution in [0.5, 0.6) is 0 Å². The molecule has 2 rings (SSSR count). The van der Waals surface area contributed by atoms with E-state index in [-0.39, 0.29) is 0 Å². The average molecular weight is 297 g/mol. The Morgan fingerprint density at radius 3 is 2.00 bits per heavy atom. The van der Waals surface area contributed by atoms with Gasteiger partial charge in [0.05, 0.1) is 6.54 Å². The maximum absolute atomic E-state index is 12.3. The van der Waals surface area contributed by atoms with Crippen LogP contribution in [-0.4, -0.2) is 72.5 Å². The van der Waals surface area contributed by atoms with Gasteiger partial charge in [0.1, 0.15) is 0 Å². The van der Waals surface area contributed by atoms with Gasteiger partial charge in [-0.3, -0.25) is 14.6 Å². The highest BCUT2D eigenvalue weighted by Gasteiger charge is 2.24. The first-order valence-electron chi connectivity index (χ1n) is 8.80. The first-order chi connectivity index (χ1) is 10.1. The molecule has 4 nitrogen and oxygen atoms in total. The summed E-state index contributed by atoms with van der Waals surface area (Å²) >= 11 is 0. The number of hydrogen-bond donors (Lipinski definition) is 0. The molecule has 0 aromatic carbocycles. The van der Waals surface area contributed by atoms with E-state index in [0.29, 0.717) is 18.5 Å². The zero-order chi connectivity index (χ0) is 15.8. The summed E-state index contributed by atoms with van der Waals surface area (Å²) in [6, 6.07) is 0.626. The zero-order valence-corrected chi connectivity index (χ0v) is 14.8. The van der Waals surface area contributed by atoms with Crippen LogP contribution < -0.4 is 0 Å². The van der Waals surface area contributed by atoms with Crippen molar-refractivity contribution in [2.45, 2.75) is 53.5 Å². The second-order valence-electron chi connectivity index (χ2n) is 6.47. The van der Waals surface area contributed by atoms with Gasteiger partial charge in [0.2, 0.25) is 5.91 Å². The van der Waals surface area contributed by atoms with Crippen molar-refractivity contribution in [3.8, 4) is 0 Å². The first-order valence-corrected chi connectivity index (χ1v) is 8.80. The lowest BCUT2D eigenvalue weighted by molar-refractivity contribution is -0.134. The lowest BCUT2D eigenvalue weighted by Crippen LogP contribution is -2.52. The minimum atomic E-state index is 0.338. The quantitative estimate of drug-likeness (QED) is 0.800. The normalized spacial score (nSPS) is 22.1. The monoisotopic (exact) mass is 297 g/mol. The van der Waals surface area contributed by atoms with E-state index in [9.17, 15) is 4.79 Å². The molecule has 2 aliphatic rings. The molecule has 21 heavy (non-hydrogen) atoms. The van der Waals surface area contributed by atoms with E-state index < -0.39 is 0 Å². The molecule has 1 amide bonds. The van der Waals surface area contributed by atoms with Gasteiger partial charge >= 0.3 is 0 Å². The van der Waals surface area contributed by atoms with Crippen LogP contribution in [0, 0.1) is 5.92 Å². The molecule has 0 aromatic rings. The van der Waals surface area contributed by atoms with Gasteiger partial charge in [-0.1, -0.05) is 20.8 Å². The predicted octanol–water partition coefficient (Wildman–Crippen LogP) is 2.30. The summed E-state index contributed by atoms with van der Waals surface area (Å²) in [7, 11) is 0. The Bertz CT molecular complexity index is 290. The summed E-state index contributed by atoms with van der Waals surface area (Å²) in [6.45, 7) is 17.6. The van der Waals surface area contributed by atoms with E-state index in [0.717, 1.165) is 45.2 Å². The molecule has 2 aliphatic heterocycles. The largest absolute Gasteiger partial charge is 0.342 e. The minimum Gasteiger partial charge on any atom is -0.342 e. The van der Waals surface area contributed by atoms with Crippen molar-refractivity contribution in [2.24, 2.45) is 5.92 Å². The van der Waals surface area contributed by atoms with Gasteiger partial charge < -0.3 is 4.90 Å². The Kier molecular flexibility index (Phi) is 8.27. The van der Waals surface area contributed by atoms with E-state index >= 15 is 0 Å². The summed E-state index contributed by atoms with van der Waals surface area (Å²) in [5, 5.41) is 0. The third kappa shape index (κ3) is 5.95. The summed E-state index contributed by atoms with van der Waals surface area (Å²) < 4.78 is 0. The second-order valence-corrected chi connectivity index (χ2v) is 6.47. The Labute approximate surface area is 131 Å². The van der Waals surface area contributed by atoms with E-state index in [1.807, 2.05) is 13.8 Å². The Morgan fingerprint density at radius 1 is 1.00 bits per heavy atom. The second kappa shape index (κ2) is 9.42. The van der Waals surface area contributed by atoms with Gasteiger partial charge in [-0.15, -0.1) is 0 Å². The predicted molar refractivity (Wildman–Crippen MR) is 89.5 cm³/mol. The van der Waals surface area contributed by atoms with Crippen molar-refractivity contribution in [1.82, 2.24) is 14.7 Å². The third-order valence-electron chi connectivity index (χ3n) is 4.63. The van der Waals surface area contributed by atoms with Gasteiger partial charge in [0.25, 0.3) is 0 Å². The van der Waals surface area contributed by atoms with Crippen molar-refractivity contribution in [1.29, 1.82) is 0 Å². The lowest BCUT2D eigenvalue weighted by Gasteiger charge is -2.38. The third-order valence-corrected chi connectivity index (χ3v) is 4.63. The maximum atomic E-state index is 12.3. The summed E-state index contributed by atoms with van der Waals surface area (Å²) in [5.74, 6) is 1.13. The molecule has 0 aromatic heterocycles. The number of rotatable bonds is 3. The van der Waals surface area contributed by atoms with Crippen LogP contribution in [0.2, 0.25) is 0 Å². The van der Waals surface area contributed by atoms with Gasteiger partial charge in [-0.2, -0.15) is 0 Å². The van der Waals surface area contributed by atoms with Crippen molar-refractivity contribution in [3.63, 3.8) is 0 Å². The number of carbonyl (C=O) groups is 1. The zero-order valence-electron chi connectivity index (χ0n) is 14.8. The van der Waals surface area contributed by atoms with E-state index in [4.69, 9.17) is 0 Å². The molecule has 2 saturated heterocycles. The highest BCUT2D eigenvalue weighted by atomic mass is 16.2. The fraction of sp³-hybridized carbons (Fsp3) is 0.941. The van der Waals surface area contributed by atoms with Gasteiger partial charge in [0, 0.05) is 45.3 Å². The highest BCUT2D eigenvalue weighted by molar-refractivity contribution is 5.78. The van der Waals surface area contributed by atoms with Crippen LogP contribution in [0.3, 0.4) is 0 Å². The molecule has 0 saturated carbocycles. The minimum absolute atomic E-state index is 0.338. The number of likely N-dealkylation sites (tertiary alicyclic amines) is 1.